The summed E-state index contributed by atoms with van der Waals surface area (Å²) in [5.41, 5.74) is 3.54. The molecule has 2 aromatic rings. The van der Waals surface area contributed by atoms with Crippen LogP contribution in [0.15, 0.2) is 59.6 Å². The smallest absolute Gasteiger partial charge is 0.128 e. The highest BCUT2D eigenvalue weighted by molar-refractivity contribution is 5.99. The van der Waals surface area contributed by atoms with Gasteiger partial charge in [-0.15, -0.1) is 0 Å². The van der Waals surface area contributed by atoms with E-state index in [1.165, 1.54) is 5.56 Å². The number of benzene rings is 2. The lowest BCUT2D eigenvalue weighted by atomic mass is 10.1. The molecule has 2 nitrogen and oxygen atoms in total. The molecule has 0 aliphatic carbocycles. The molecular weight excluding hydrogens is 256 g/mol. The highest BCUT2D eigenvalue weighted by Gasteiger charge is 2.06. The lowest BCUT2D eigenvalue weighted by molar-refractivity contribution is 0.960. The molecule has 0 saturated carbocycles. The van der Waals surface area contributed by atoms with Crippen molar-refractivity contribution < 1.29 is 0 Å². The van der Waals surface area contributed by atoms with Gasteiger partial charge in [0, 0.05) is 24.1 Å². The van der Waals surface area contributed by atoms with E-state index in [1.807, 2.05) is 6.07 Å². The maximum Gasteiger partial charge on any atom is 0.128 e. The molecular formula is C19H18N2. The first-order chi connectivity index (χ1) is 10.4. The van der Waals surface area contributed by atoms with Crippen molar-refractivity contribution in [2.45, 2.75) is 12.8 Å². The van der Waals surface area contributed by atoms with E-state index in [4.69, 9.17) is 0 Å². The molecule has 1 aliphatic rings. The molecule has 0 saturated heterocycles. The van der Waals surface area contributed by atoms with E-state index in [0.29, 0.717) is 0 Å². The van der Waals surface area contributed by atoms with E-state index in [-0.39, 0.29) is 0 Å². The molecule has 0 bridgehead atoms. The third-order valence-electron chi connectivity index (χ3n) is 3.45. The Kier molecular flexibility index (Phi) is 4.33. The van der Waals surface area contributed by atoms with E-state index in [9.17, 15) is 0 Å². The van der Waals surface area contributed by atoms with E-state index in [2.05, 4.69) is 70.7 Å². The van der Waals surface area contributed by atoms with Crippen molar-refractivity contribution in [3.8, 4) is 11.8 Å². The number of hydrogen-bond acceptors (Lipinski definition) is 2. The number of aryl methyl sites for hydroxylation is 1. The van der Waals surface area contributed by atoms with E-state index in [0.717, 1.165) is 42.9 Å². The van der Waals surface area contributed by atoms with Gasteiger partial charge in [0.1, 0.15) is 5.84 Å². The molecule has 1 N–H and O–H groups in total. The fourth-order valence-corrected chi connectivity index (χ4v) is 2.32. The summed E-state index contributed by atoms with van der Waals surface area (Å²) in [5.74, 6) is 7.46. The average molecular weight is 274 g/mol. The molecule has 0 fully saturated rings. The number of aliphatic imine (C=N–C) groups is 1. The summed E-state index contributed by atoms with van der Waals surface area (Å²) in [6.07, 6.45) is 1.90. The maximum absolute atomic E-state index is 4.41. The van der Waals surface area contributed by atoms with Crippen LogP contribution in [0.5, 0.6) is 0 Å². The first-order valence-electron chi connectivity index (χ1n) is 7.33. The molecule has 2 aromatic carbocycles. The SMILES string of the molecule is C(#Cc1ccc(C2=NCCN2)cc1)CCc1ccccc1. The van der Waals surface area contributed by atoms with Crippen LogP contribution in [0.1, 0.15) is 23.1 Å². The van der Waals surface area contributed by atoms with Gasteiger partial charge in [-0.1, -0.05) is 54.3 Å². The Morgan fingerprint density at radius 1 is 1.00 bits per heavy atom. The van der Waals surface area contributed by atoms with Gasteiger partial charge in [0.15, 0.2) is 0 Å². The van der Waals surface area contributed by atoms with Crippen LogP contribution in [-0.4, -0.2) is 18.9 Å². The molecule has 1 heterocycles. The molecule has 0 atom stereocenters. The molecule has 0 spiro atoms. The van der Waals surface area contributed by atoms with Gasteiger partial charge in [-0.25, -0.2) is 0 Å². The Morgan fingerprint density at radius 3 is 2.52 bits per heavy atom. The Labute approximate surface area is 125 Å². The fraction of sp³-hybridized carbons (Fsp3) is 0.211. The van der Waals surface area contributed by atoms with E-state index < -0.39 is 0 Å². The lowest BCUT2D eigenvalue weighted by Gasteiger charge is -2.01. The molecule has 21 heavy (non-hydrogen) atoms. The zero-order chi connectivity index (χ0) is 14.3. The third kappa shape index (κ3) is 3.73. The molecule has 2 heteroatoms. The third-order valence-corrected chi connectivity index (χ3v) is 3.45. The van der Waals surface area contributed by atoms with Gasteiger partial charge in [0.2, 0.25) is 0 Å². The van der Waals surface area contributed by atoms with E-state index in [1.54, 1.807) is 0 Å². The Balaban J connectivity index is 1.57. The van der Waals surface area contributed by atoms with Crippen LogP contribution >= 0.6 is 0 Å². The Bertz CT molecular complexity index is 673. The quantitative estimate of drug-likeness (QED) is 0.855. The molecule has 1 aliphatic heterocycles. The van der Waals surface area contributed by atoms with Gasteiger partial charge in [-0.3, -0.25) is 4.99 Å². The standard InChI is InChI=1S/C19H18N2/c1-2-6-16(7-3-1)8-4-5-9-17-10-12-18(13-11-17)19-20-14-15-21-19/h1-3,6-7,10-13H,4,8,14-15H2,(H,20,21). The highest BCUT2D eigenvalue weighted by Crippen LogP contribution is 2.06. The second-order valence-corrected chi connectivity index (χ2v) is 5.02. The minimum Gasteiger partial charge on any atom is -0.368 e. The van der Waals surface area contributed by atoms with Gasteiger partial charge in [0.25, 0.3) is 0 Å². The van der Waals surface area contributed by atoms with Gasteiger partial charge in [-0.05, 0) is 24.1 Å². The maximum atomic E-state index is 4.41. The predicted molar refractivity (Wildman–Crippen MR) is 87.5 cm³/mol. The summed E-state index contributed by atoms with van der Waals surface area (Å²) in [5, 5.41) is 3.28. The van der Waals surface area contributed by atoms with Crippen molar-refractivity contribution in [2.75, 3.05) is 13.1 Å². The van der Waals surface area contributed by atoms with Crippen molar-refractivity contribution in [1.82, 2.24) is 5.32 Å². The summed E-state index contributed by atoms with van der Waals surface area (Å²) in [6, 6.07) is 18.8. The van der Waals surface area contributed by atoms with Crippen LogP contribution in [0.3, 0.4) is 0 Å². The monoisotopic (exact) mass is 274 g/mol. The Hall–Kier alpha value is -2.53. The van der Waals surface area contributed by atoms with Gasteiger partial charge in [-0.2, -0.15) is 0 Å². The number of hydrogen-bond donors (Lipinski definition) is 1. The zero-order valence-electron chi connectivity index (χ0n) is 12.0. The second kappa shape index (κ2) is 6.76. The number of amidine groups is 1. The summed E-state index contributed by atoms with van der Waals surface area (Å²) in [4.78, 5) is 4.41. The fourth-order valence-electron chi connectivity index (χ4n) is 2.32. The highest BCUT2D eigenvalue weighted by atomic mass is 15.1. The second-order valence-electron chi connectivity index (χ2n) is 5.02. The molecule has 0 radical (unpaired) electrons. The summed E-state index contributed by atoms with van der Waals surface area (Å²) >= 11 is 0. The molecule has 104 valence electrons. The van der Waals surface area contributed by atoms with Crippen LogP contribution < -0.4 is 5.32 Å². The number of nitrogens with zero attached hydrogens (tertiary/aromatic N) is 1. The van der Waals surface area contributed by atoms with Gasteiger partial charge in [0.05, 0.1) is 6.54 Å². The topological polar surface area (TPSA) is 24.4 Å². The molecule has 3 rings (SSSR count). The van der Waals surface area contributed by atoms with Gasteiger partial charge < -0.3 is 5.32 Å². The van der Waals surface area contributed by atoms with Crippen LogP contribution in [0.2, 0.25) is 0 Å². The van der Waals surface area contributed by atoms with Crippen LogP contribution in [0.4, 0.5) is 0 Å². The number of nitrogens with one attached hydrogen (secondary N) is 1. The first-order valence-corrected chi connectivity index (χ1v) is 7.33. The Morgan fingerprint density at radius 2 is 1.81 bits per heavy atom. The average Bonchev–Trinajstić information content (AvgIpc) is 3.08. The van der Waals surface area contributed by atoms with Crippen molar-refractivity contribution in [3.05, 3.63) is 71.3 Å². The lowest BCUT2D eigenvalue weighted by Crippen LogP contribution is -2.19. The largest absolute Gasteiger partial charge is 0.368 e. The normalized spacial score (nSPS) is 13.0. The van der Waals surface area contributed by atoms with Crippen molar-refractivity contribution in [2.24, 2.45) is 4.99 Å². The predicted octanol–water partition coefficient (Wildman–Crippen LogP) is 3.02. The minimum absolute atomic E-state index is 0.871. The van der Waals surface area contributed by atoms with Crippen molar-refractivity contribution >= 4 is 5.84 Å². The summed E-state index contributed by atoms with van der Waals surface area (Å²) in [7, 11) is 0. The molecule has 0 unspecified atom stereocenters. The number of rotatable bonds is 3. The zero-order valence-corrected chi connectivity index (χ0v) is 12.0. The van der Waals surface area contributed by atoms with Crippen molar-refractivity contribution in [3.63, 3.8) is 0 Å². The first kappa shape index (κ1) is 13.5. The van der Waals surface area contributed by atoms with Crippen molar-refractivity contribution in [1.29, 1.82) is 0 Å². The molecule has 0 aromatic heterocycles. The van der Waals surface area contributed by atoms with E-state index >= 15 is 0 Å². The molecule has 0 amide bonds. The minimum atomic E-state index is 0.871. The van der Waals surface area contributed by atoms with Crippen LogP contribution in [0.25, 0.3) is 0 Å². The van der Waals surface area contributed by atoms with Crippen LogP contribution in [0, 0.1) is 11.8 Å². The summed E-state index contributed by atoms with van der Waals surface area (Å²) in [6.45, 7) is 1.81. The van der Waals surface area contributed by atoms with Gasteiger partial charge >= 0.3 is 0 Å². The van der Waals surface area contributed by atoms with Crippen LogP contribution in [-0.2, 0) is 6.42 Å². The summed E-state index contributed by atoms with van der Waals surface area (Å²) < 4.78 is 0.